The molecule has 29 heavy (non-hydrogen) atoms. The predicted octanol–water partition coefficient (Wildman–Crippen LogP) is 4.39. The van der Waals surface area contributed by atoms with Crippen molar-refractivity contribution in [2.45, 2.75) is 13.0 Å². The molecule has 1 atom stereocenters. The monoisotopic (exact) mass is 384 g/mol. The molecule has 4 aromatic rings. The summed E-state index contributed by atoms with van der Waals surface area (Å²) in [5, 5.41) is 0. The third-order valence-corrected chi connectivity index (χ3v) is 5.11. The van der Waals surface area contributed by atoms with Gasteiger partial charge < -0.3 is 14.0 Å². The van der Waals surface area contributed by atoms with Gasteiger partial charge in [-0.3, -0.25) is 0 Å². The fourth-order valence-corrected chi connectivity index (χ4v) is 3.63. The van der Waals surface area contributed by atoms with Gasteiger partial charge in [0.25, 0.3) is 0 Å². The predicted molar refractivity (Wildman–Crippen MR) is 110 cm³/mol. The zero-order valence-corrected chi connectivity index (χ0v) is 16.0. The molecule has 0 bridgehead atoms. The maximum Gasteiger partial charge on any atom is 0.162 e. The van der Waals surface area contributed by atoms with Crippen LogP contribution in [-0.4, -0.2) is 32.7 Å². The molecule has 0 spiro atoms. The first-order valence-electron chi connectivity index (χ1n) is 9.59. The van der Waals surface area contributed by atoms with Gasteiger partial charge in [-0.05, 0) is 31.2 Å². The largest absolute Gasteiger partial charge is 0.486 e. The molecule has 1 aliphatic rings. The summed E-state index contributed by atoms with van der Waals surface area (Å²) in [6.45, 7) is 3.24. The van der Waals surface area contributed by atoms with Crippen molar-refractivity contribution in [2.24, 2.45) is 0 Å². The number of benzene rings is 2. The lowest BCUT2D eigenvalue weighted by Gasteiger charge is -2.21. The molecule has 0 radical (unpaired) electrons. The van der Waals surface area contributed by atoms with Crippen LogP contribution in [0.4, 0.5) is 0 Å². The van der Waals surface area contributed by atoms with Crippen molar-refractivity contribution in [3.8, 4) is 34.0 Å². The van der Waals surface area contributed by atoms with Gasteiger partial charge >= 0.3 is 0 Å². The Bertz CT molecular complexity index is 1130. The molecule has 0 unspecified atom stereocenters. The number of nitrogens with zero attached hydrogens (tertiary/aromatic N) is 4. The molecule has 6 nitrogen and oxygen atoms in total. The molecule has 0 amide bonds. The number of rotatable bonds is 4. The van der Waals surface area contributed by atoms with Crippen LogP contribution in [0.1, 0.15) is 18.7 Å². The Balaban J connectivity index is 1.68. The summed E-state index contributed by atoms with van der Waals surface area (Å²) in [4.78, 5) is 13.2. The Morgan fingerprint density at radius 3 is 2.52 bits per heavy atom. The fourth-order valence-electron chi connectivity index (χ4n) is 3.63. The second-order valence-corrected chi connectivity index (χ2v) is 6.88. The normalized spacial score (nSPS) is 13.8. The third kappa shape index (κ3) is 3.23. The van der Waals surface area contributed by atoms with E-state index in [0.29, 0.717) is 13.2 Å². The Kier molecular flexibility index (Phi) is 4.44. The van der Waals surface area contributed by atoms with Crippen molar-refractivity contribution in [2.75, 3.05) is 13.2 Å². The van der Waals surface area contributed by atoms with Crippen LogP contribution in [-0.2, 0) is 0 Å². The van der Waals surface area contributed by atoms with Gasteiger partial charge in [0, 0.05) is 17.3 Å². The molecule has 144 valence electrons. The topological polar surface area (TPSA) is 62.1 Å². The minimum Gasteiger partial charge on any atom is -0.486 e. The SMILES string of the molecule is C[C@H](c1ccncn1)n1cnc(-c2ccccc2)c1-c1ccc2c(c1)OCCO2. The highest BCUT2D eigenvalue weighted by molar-refractivity contribution is 5.80. The molecular weight excluding hydrogens is 364 g/mol. The number of aromatic nitrogens is 4. The van der Waals surface area contributed by atoms with E-state index in [1.54, 1.807) is 12.5 Å². The minimum absolute atomic E-state index is 0.00818. The van der Waals surface area contributed by atoms with Crippen LogP contribution in [0.3, 0.4) is 0 Å². The van der Waals surface area contributed by atoms with Gasteiger partial charge in [0.15, 0.2) is 11.5 Å². The highest BCUT2D eigenvalue weighted by Crippen LogP contribution is 2.39. The van der Waals surface area contributed by atoms with E-state index in [2.05, 4.69) is 39.7 Å². The lowest BCUT2D eigenvalue weighted by molar-refractivity contribution is 0.171. The number of hydrogen-bond donors (Lipinski definition) is 0. The molecule has 3 heterocycles. The van der Waals surface area contributed by atoms with Gasteiger partial charge in [-0.15, -0.1) is 0 Å². The van der Waals surface area contributed by atoms with Crippen molar-refractivity contribution in [3.63, 3.8) is 0 Å². The summed E-state index contributed by atoms with van der Waals surface area (Å²) in [6, 6.07) is 18.2. The van der Waals surface area contributed by atoms with Crippen molar-refractivity contribution in [1.29, 1.82) is 0 Å². The maximum absolute atomic E-state index is 5.82. The van der Waals surface area contributed by atoms with Crippen LogP contribution < -0.4 is 9.47 Å². The Morgan fingerprint density at radius 1 is 0.897 bits per heavy atom. The molecular formula is C23H20N4O2. The molecule has 5 rings (SSSR count). The number of hydrogen-bond acceptors (Lipinski definition) is 5. The quantitative estimate of drug-likeness (QED) is 0.522. The first kappa shape index (κ1) is 17.4. The Labute approximate surface area is 168 Å². The lowest BCUT2D eigenvalue weighted by atomic mass is 10.0. The first-order chi connectivity index (χ1) is 14.3. The molecule has 0 N–H and O–H groups in total. The maximum atomic E-state index is 5.82. The van der Waals surface area contributed by atoms with Crippen LogP contribution in [0.2, 0.25) is 0 Å². The van der Waals surface area contributed by atoms with Crippen molar-refractivity contribution >= 4 is 0 Å². The van der Waals surface area contributed by atoms with Gasteiger partial charge in [-0.1, -0.05) is 30.3 Å². The van der Waals surface area contributed by atoms with Crippen molar-refractivity contribution < 1.29 is 9.47 Å². The van der Waals surface area contributed by atoms with Crippen LogP contribution in [0.25, 0.3) is 22.5 Å². The van der Waals surface area contributed by atoms with E-state index < -0.39 is 0 Å². The van der Waals surface area contributed by atoms with Crippen LogP contribution in [0.15, 0.2) is 73.4 Å². The van der Waals surface area contributed by atoms with E-state index in [1.807, 2.05) is 42.7 Å². The van der Waals surface area contributed by atoms with Gasteiger partial charge in [0.2, 0.25) is 0 Å². The average molecular weight is 384 g/mol. The Morgan fingerprint density at radius 2 is 1.72 bits per heavy atom. The molecule has 0 saturated carbocycles. The van der Waals surface area contributed by atoms with Gasteiger partial charge in [0.05, 0.1) is 29.5 Å². The zero-order chi connectivity index (χ0) is 19.6. The number of imidazole rings is 1. The van der Waals surface area contributed by atoms with E-state index in [-0.39, 0.29) is 6.04 Å². The van der Waals surface area contributed by atoms with E-state index in [4.69, 9.17) is 14.5 Å². The number of ether oxygens (including phenoxy) is 2. The molecule has 0 fully saturated rings. The van der Waals surface area contributed by atoms with Crippen molar-refractivity contribution in [3.05, 3.63) is 79.1 Å². The highest BCUT2D eigenvalue weighted by Gasteiger charge is 2.22. The van der Waals surface area contributed by atoms with E-state index in [9.17, 15) is 0 Å². The highest BCUT2D eigenvalue weighted by atomic mass is 16.6. The van der Waals surface area contributed by atoms with Crippen LogP contribution in [0.5, 0.6) is 11.5 Å². The van der Waals surface area contributed by atoms with E-state index in [0.717, 1.165) is 39.7 Å². The third-order valence-electron chi connectivity index (χ3n) is 5.11. The smallest absolute Gasteiger partial charge is 0.162 e. The van der Waals surface area contributed by atoms with Crippen molar-refractivity contribution in [1.82, 2.24) is 19.5 Å². The first-order valence-corrected chi connectivity index (χ1v) is 9.59. The van der Waals surface area contributed by atoms with Crippen LogP contribution in [0, 0.1) is 0 Å². The molecule has 6 heteroatoms. The summed E-state index contributed by atoms with van der Waals surface area (Å²) < 4.78 is 13.7. The average Bonchev–Trinajstić information content (AvgIpc) is 3.24. The summed E-state index contributed by atoms with van der Waals surface area (Å²) in [5.41, 5.74) is 4.94. The molecule has 0 aliphatic carbocycles. The molecule has 0 saturated heterocycles. The summed E-state index contributed by atoms with van der Waals surface area (Å²) >= 11 is 0. The van der Waals surface area contributed by atoms with Crippen LogP contribution >= 0.6 is 0 Å². The summed E-state index contributed by atoms with van der Waals surface area (Å²) in [5.74, 6) is 1.53. The van der Waals surface area contributed by atoms with Gasteiger partial charge in [-0.2, -0.15) is 0 Å². The number of fused-ring (bicyclic) bond motifs is 1. The molecule has 2 aromatic heterocycles. The zero-order valence-electron chi connectivity index (χ0n) is 16.0. The second-order valence-electron chi connectivity index (χ2n) is 6.88. The van der Waals surface area contributed by atoms with E-state index >= 15 is 0 Å². The minimum atomic E-state index is -0.00818. The standard InChI is InChI=1S/C23H20N4O2/c1-16(19-9-10-24-14-25-19)27-15-26-22(17-5-3-2-4-6-17)23(27)18-7-8-20-21(13-18)29-12-11-28-20/h2-10,13-16H,11-12H2,1H3/t16-/m1/s1. The Hall–Kier alpha value is -3.67. The summed E-state index contributed by atoms with van der Waals surface area (Å²) in [6.07, 6.45) is 5.21. The fraction of sp³-hybridized carbons (Fsp3) is 0.174. The molecule has 1 aliphatic heterocycles. The summed E-state index contributed by atoms with van der Waals surface area (Å²) in [7, 11) is 0. The van der Waals surface area contributed by atoms with E-state index in [1.165, 1.54) is 0 Å². The van der Waals surface area contributed by atoms with Gasteiger partial charge in [0.1, 0.15) is 19.5 Å². The molecule has 2 aromatic carbocycles. The second kappa shape index (κ2) is 7.39. The lowest BCUT2D eigenvalue weighted by Crippen LogP contribution is -2.15. The van der Waals surface area contributed by atoms with Gasteiger partial charge in [-0.25, -0.2) is 15.0 Å².